The molecule has 0 spiro atoms. The van der Waals surface area contributed by atoms with Crippen molar-refractivity contribution in [2.45, 2.75) is 19.8 Å². The Morgan fingerprint density at radius 2 is 1.67 bits per heavy atom. The van der Waals surface area contributed by atoms with E-state index in [1.807, 2.05) is 6.08 Å². The Kier molecular flexibility index (Phi) is 5.46. The van der Waals surface area contributed by atoms with E-state index in [4.69, 9.17) is 0 Å². The maximum Gasteiger partial charge on any atom is -0.00878 e. The molecule has 3 rings (SSSR count). The van der Waals surface area contributed by atoms with Crippen molar-refractivity contribution in [3.8, 4) is 0 Å². The summed E-state index contributed by atoms with van der Waals surface area (Å²) < 4.78 is 0. The molecular formula is C20H22S. The molecule has 1 heteroatoms. The van der Waals surface area contributed by atoms with Gasteiger partial charge in [-0.05, 0) is 57.8 Å². The first-order chi connectivity index (χ1) is 10.3. The van der Waals surface area contributed by atoms with Gasteiger partial charge in [0.05, 0.1) is 0 Å². The Morgan fingerprint density at radius 1 is 0.952 bits per heavy atom. The predicted molar refractivity (Wildman–Crippen MR) is 99.6 cm³/mol. The second kappa shape index (κ2) is 7.33. The quantitative estimate of drug-likeness (QED) is 0.351. The van der Waals surface area contributed by atoms with Crippen molar-refractivity contribution >= 4 is 34.2 Å². The van der Waals surface area contributed by atoms with Crippen LogP contribution < -0.4 is 0 Å². The minimum atomic E-state index is 0.922. The van der Waals surface area contributed by atoms with Gasteiger partial charge >= 0.3 is 0 Å². The monoisotopic (exact) mass is 294 g/mol. The summed E-state index contributed by atoms with van der Waals surface area (Å²) >= 11 is 3.53. The molecule has 0 atom stereocenters. The number of allylic oxidation sites excluding steroid dienone is 1. The van der Waals surface area contributed by atoms with E-state index in [-0.39, 0.29) is 0 Å². The normalized spacial score (nSPS) is 10.2. The standard InChI is InChI=1S/C19H18.CH4S/c1-3-7-18-17-9-6-5-8-15(17)13-16-11-10-14(4-2)12-19(16)18;1-2/h3,5-6,8-13H,1,4,7H2,2H3;2H,1H3. The molecule has 0 fully saturated rings. The van der Waals surface area contributed by atoms with Crippen LogP contribution in [0.3, 0.4) is 0 Å². The third-order valence-electron chi connectivity index (χ3n) is 3.80. The van der Waals surface area contributed by atoms with Gasteiger partial charge in [0, 0.05) is 0 Å². The zero-order valence-electron chi connectivity index (χ0n) is 12.8. The fourth-order valence-corrected chi connectivity index (χ4v) is 2.79. The molecule has 0 aliphatic rings. The third kappa shape index (κ3) is 3.14. The Morgan fingerprint density at radius 3 is 2.38 bits per heavy atom. The summed E-state index contributed by atoms with van der Waals surface area (Å²) in [5, 5.41) is 5.37. The molecule has 0 saturated carbocycles. The van der Waals surface area contributed by atoms with Crippen molar-refractivity contribution in [1.82, 2.24) is 0 Å². The second-order valence-corrected chi connectivity index (χ2v) is 4.98. The van der Waals surface area contributed by atoms with E-state index in [0.29, 0.717) is 0 Å². The average molecular weight is 294 g/mol. The number of benzene rings is 3. The van der Waals surface area contributed by atoms with Gasteiger partial charge < -0.3 is 0 Å². The first-order valence-electron chi connectivity index (χ1n) is 7.32. The molecule has 108 valence electrons. The van der Waals surface area contributed by atoms with Gasteiger partial charge in [-0.15, -0.1) is 6.58 Å². The summed E-state index contributed by atoms with van der Waals surface area (Å²) in [5.41, 5.74) is 2.80. The molecule has 0 N–H and O–H groups in total. The molecule has 0 saturated heterocycles. The number of rotatable bonds is 3. The van der Waals surface area contributed by atoms with Crippen molar-refractivity contribution in [2.75, 3.05) is 6.26 Å². The molecule has 0 aromatic heterocycles. The molecule has 0 nitrogen and oxygen atoms in total. The molecule has 0 aliphatic heterocycles. The average Bonchev–Trinajstić information content (AvgIpc) is 2.56. The maximum atomic E-state index is 3.91. The van der Waals surface area contributed by atoms with Crippen LogP contribution >= 0.6 is 12.6 Å². The summed E-state index contributed by atoms with van der Waals surface area (Å²) in [5.74, 6) is 0. The van der Waals surface area contributed by atoms with Crippen molar-refractivity contribution in [3.63, 3.8) is 0 Å². The van der Waals surface area contributed by atoms with Crippen molar-refractivity contribution in [1.29, 1.82) is 0 Å². The van der Waals surface area contributed by atoms with Crippen LogP contribution in [0.25, 0.3) is 21.5 Å². The molecule has 0 heterocycles. The largest absolute Gasteiger partial charge is 0.183 e. The Balaban J connectivity index is 0.000000774. The first kappa shape index (κ1) is 15.7. The molecule has 3 aromatic carbocycles. The molecule has 21 heavy (non-hydrogen) atoms. The van der Waals surface area contributed by atoms with Gasteiger partial charge in [0.25, 0.3) is 0 Å². The Bertz CT molecular complexity index is 756. The lowest BCUT2D eigenvalue weighted by molar-refractivity contribution is 1.14. The van der Waals surface area contributed by atoms with Gasteiger partial charge in [-0.2, -0.15) is 12.6 Å². The van der Waals surface area contributed by atoms with Crippen LogP contribution in [0.2, 0.25) is 0 Å². The lowest BCUT2D eigenvalue weighted by Crippen LogP contribution is -1.90. The molecule has 3 aromatic rings. The zero-order chi connectivity index (χ0) is 15.2. The van der Waals surface area contributed by atoms with E-state index in [0.717, 1.165) is 12.8 Å². The number of hydrogen-bond donors (Lipinski definition) is 1. The Hall–Kier alpha value is -1.73. The van der Waals surface area contributed by atoms with E-state index in [9.17, 15) is 0 Å². The van der Waals surface area contributed by atoms with Crippen LogP contribution in [0.4, 0.5) is 0 Å². The van der Waals surface area contributed by atoms with Crippen molar-refractivity contribution in [2.24, 2.45) is 0 Å². The van der Waals surface area contributed by atoms with Crippen LogP contribution in [0, 0.1) is 0 Å². The van der Waals surface area contributed by atoms with E-state index >= 15 is 0 Å². The van der Waals surface area contributed by atoms with Crippen LogP contribution in [-0.4, -0.2) is 6.26 Å². The second-order valence-electron chi connectivity index (χ2n) is 4.98. The highest BCUT2D eigenvalue weighted by atomic mass is 32.1. The minimum absolute atomic E-state index is 0.922. The van der Waals surface area contributed by atoms with E-state index in [1.165, 1.54) is 32.7 Å². The van der Waals surface area contributed by atoms with Crippen molar-refractivity contribution in [3.05, 3.63) is 72.3 Å². The lowest BCUT2D eigenvalue weighted by atomic mass is 9.93. The van der Waals surface area contributed by atoms with Gasteiger partial charge in [-0.3, -0.25) is 0 Å². The van der Waals surface area contributed by atoms with E-state index in [1.54, 1.807) is 6.26 Å². The van der Waals surface area contributed by atoms with Crippen molar-refractivity contribution < 1.29 is 0 Å². The van der Waals surface area contributed by atoms with Crippen LogP contribution in [0.1, 0.15) is 18.1 Å². The van der Waals surface area contributed by atoms with E-state index in [2.05, 4.69) is 74.7 Å². The molecule has 0 amide bonds. The summed E-state index contributed by atoms with van der Waals surface area (Å²) in [6, 6.07) is 17.7. The van der Waals surface area contributed by atoms with Crippen LogP contribution in [0.5, 0.6) is 0 Å². The summed E-state index contributed by atoms with van der Waals surface area (Å²) in [6.07, 6.45) is 5.70. The van der Waals surface area contributed by atoms with E-state index < -0.39 is 0 Å². The zero-order valence-corrected chi connectivity index (χ0v) is 13.7. The molecule has 0 bridgehead atoms. The number of aryl methyl sites for hydroxylation is 1. The smallest absolute Gasteiger partial charge is 0.00878 e. The summed E-state index contributed by atoms with van der Waals surface area (Å²) in [7, 11) is 0. The fourth-order valence-electron chi connectivity index (χ4n) is 2.79. The highest BCUT2D eigenvalue weighted by Gasteiger charge is 2.06. The van der Waals surface area contributed by atoms with Gasteiger partial charge in [0.15, 0.2) is 0 Å². The highest BCUT2D eigenvalue weighted by Crippen LogP contribution is 2.30. The summed E-state index contributed by atoms with van der Waals surface area (Å²) in [6.45, 7) is 6.12. The topological polar surface area (TPSA) is 0 Å². The minimum Gasteiger partial charge on any atom is -0.183 e. The van der Waals surface area contributed by atoms with Gasteiger partial charge in [0.2, 0.25) is 0 Å². The van der Waals surface area contributed by atoms with Gasteiger partial charge in [-0.25, -0.2) is 0 Å². The lowest BCUT2D eigenvalue weighted by Gasteiger charge is -2.11. The van der Waals surface area contributed by atoms with Crippen LogP contribution in [-0.2, 0) is 12.8 Å². The molecule has 0 aliphatic carbocycles. The predicted octanol–water partition coefficient (Wildman–Crippen LogP) is 5.83. The Labute approximate surface area is 132 Å². The molecule has 0 unspecified atom stereocenters. The maximum absolute atomic E-state index is 3.91. The fraction of sp³-hybridized carbons (Fsp3) is 0.200. The highest BCUT2D eigenvalue weighted by molar-refractivity contribution is 7.79. The number of hydrogen-bond acceptors (Lipinski definition) is 1. The number of thiol groups is 1. The third-order valence-corrected chi connectivity index (χ3v) is 3.80. The number of fused-ring (bicyclic) bond motifs is 2. The summed E-state index contributed by atoms with van der Waals surface area (Å²) in [4.78, 5) is 0. The first-order valence-corrected chi connectivity index (χ1v) is 8.22. The molecular weight excluding hydrogens is 272 g/mol. The van der Waals surface area contributed by atoms with Gasteiger partial charge in [-0.1, -0.05) is 55.5 Å². The molecule has 0 radical (unpaired) electrons. The van der Waals surface area contributed by atoms with Crippen LogP contribution in [0.15, 0.2) is 61.2 Å². The van der Waals surface area contributed by atoms with Gasteiger partial charge in [0.1, 0.15) is 0 Å². The SMILES string of the molecule is C=CCc1c2ccccc2cc2ccc(CC)cc12.CS.